The summed E-state index contributed by atoms with van der Waals surface area (Å²) >= 11 is 0. The molecular weight excluding hydrogens is 514 g/mol. The first kappa shape index (κ1) is 27.6. The summed E-state index contributed by atoms with van der Waals surface area (Å²) in [4.78, 5) is 38.7. The Labute approximate surface area is 233 Å². The fourth-order valence-electron chi connectivity index (χ4n) is 5.82. The number of aryl methyl sites for hydroxylation is 1. The number of anilines is 1. The van der Waals surface area contributed by atoms with E-state index in [1.165, 1.54) is 0 Å². The third-order valence-electron chi connectivity index (χ3n) is 7.78. The molecule has 2 aliphatic rings. The van der Waals surface area contributed by atoms with Crippen LogP contribution in [0.4, 0.5) is 5.69 Å². The highest BCUT2D eigenvalue weighted by atomic mass is 16.7. The first-order valence-corrected chi connectivity index (χ1v) is 13.7. The third-order valence-corrected chi connectivity index (χ3v) is 7.78. The molecule has 5 rings (SSSR count). The molecule has 11 nitrogen and oxygen atoms in total. The number of rotatable bonds is 12. The molecule has 2 N–H and O–H groups in total. The van der Waals surface area contributed by atoms with Gasteiger partial charge in [-0.05, 0) is 42.7 Å². The van der Waals surface area contributed by atoms with Gasteiger partial charge < -0.3 is 29.2 Å². The van der Waals surface area contributed by atoms with Crippen LogP contribution in [0.5, 0.6) is 11.5 Å². The van der Waals surface area contributed by atoms with Crippen LogP contribution in [0.1, 0.15) is 43.2 Å². The molecule has 3 aromatic rings. The lowest BCUT2D eigenvalue weighted by atomic mass is 9.83. The summed E-state index contributed by atoms with van der Waals surface area (Å²) in [6, 6.07) is 6.88. The predicted octanol–water partition coefficient (Wildman–Crippen LogP) is 2.89. The number of aliphatic carboxylic acids is 1. The number of fused-ring (bicyclic) bond motifs is 1. The van der Waals surface area contributed by atoms with Gasteiger partial charge in [-0.1, -0.05) is 13.3 Å². The Balaban J connectivity index is 1.46. The van der Waals surface area contributed by atoms with Gasteiger partial charge in [-0.3, -0.25) is 19.5 Å². The lowest BCUT2D eigenvalue weighted by Gasteiger charge is -2.29. The van der Waals surface area contributed by atoms with E-state index in [9.17, 15) is 19.8 Å². The van der Waals surface area contributed by atoms with Crippen LogP contribution in [0.15, 0.2) is 55.4 Å². The van der Waals surface area contributed by atoms with Crippen molar-refractivity contribution >= 4 is 17.6 Å². The topological polar surface area (TPSA) is 130 Å². The average Bonchev–Trinajstić information content (AvgIpc) is 3.72. The van der Waals surface area contributed by atoms with Crippen molar-refractivity contribution in [3.8, 4) is 11.5 Å². The van der Waals surface area contributed by atoms with E-state index in [2.05, 4.69) is 16.9 Å². The number of benzene rings is 1. The van der Waals surface area contributed by atoms with E-state index < -0.39 is 23.8 Å². The largest absolute Gasteiger partial charge is 0.481 e. The van der Waals surface area contributed by atoms with Crippen molar-refractivity contribution in [2.45, 2.75) is 51.3 Å². The van der Waals surface area contributed by atoms with Crippen LogP contribution in [-0.2, 0) is 22.7 Å². The maximum Gasteiger partial charge on any atom is 0.308 e. The number of pyridine rings is 1. The lowest BCUT2D eigenvalue weighted by Crippen LogP contribution is -2.45. The second-order valence-corrected chi connectivity index (χ2v) is 10.2. The summed E-state index contributed by atoms with van der Waals surface area (Å²) in [5.74, 6) is -1.22. The van der Waals surface area contributed by atoms with Crippen molar-refractivity contribution in [2.24, 2.45) is 5.92 Å². The number of ether oxygens (including phenoxy) is 2. The summed E-state index contributed by atoms with van der Waals surface area (Å²) in [6.45, 7) is 3.44. The number of unbranched alkanes of at least 4 members (excludes halogenated alkanes) is 1. The van der Waals surface area contributed by atoms with Crippen LogP contribution >= 0.6 is 0 Å². The van der Waals surface area contributed by atoms with Crippen LogP contribution in [-0.4, -0.2) is 74.0 Å². The van der Waals surface area contributed by atoms with Crippen LogP contribution in [0, 0.1) is 5.92 Å². The number of imidazole rings is 1. The number of hydrogen-bond acceptors (Lipinski definition) is 8. The van der Waals surface area contributed by atoms with Crippen LogP contribution < -0.4 is 14.4 Å². The van der Waals surface area contributed by atoms with Crippen molar-refractivity contribution in [3.05, 3.63) is 66.5 Å². The van der Waals surface area contributed by atoms with Gasteiger partial charge in [0.2, 0.25) is 12.7 Å². The Morgan fingerprint density at radius 1 is 1.20 bits per heavy atom. The highest BCUT2D eigenvalue weighted by molar-refractivity contribution is 5.94. The number of hydrogen-bond donors (Lipinski definition) is 2. The van der Waals surface area contributed by atoms with Crippen molar-refractivity contribution in [2.75, 3.05) is 31.3 Å². The SMILES string of the molecule is CCCCN(C(=O)CN1C[C@H](c2cc(CO)c3c(c2)OCO3)[C@@H](C(=O)O)[C@@H]1CCn1ccnc1)c1cccnc1. The van der Waals surface area contributed by atoms with Gasteiger partial charge in [0.25, 0.3) is 0 Å². The van der Waals surface area contributed by atoms with E-state index in [4.69, 9.17) is 9.47 Å². The molecule has 212 valence electrons. The number of aromatic nitrogens is 3. The summed E-state index contributed by atoms with van der Waals surface area (Å²) in [5.41, 5.74) is 2.03. The van der Waals surface area contributed by atoms with Crippen molar-refractivity contribution in [1.29, 1.82) is 0 Å². The fraction of sp³-hybridized carbons (Fsp3) is 0.448. The van der Waals surface area contributed by atoms with Gasteiger partial charge in [0.05, 0.1) is 37.3 Å². The lowest BCUT2D eigenvalue weighted by molar-refractivity contribution is -0.143. The molecule has 11 heteroatoms. The molecule has 2 aliphatic heterocycles. The summed E-state index contributed by atoms with van der Waals surface area (Å²) < 4.78 is 13.0. The standard InChI is InChI=1S/C29H35N5O6/c1-2-3-9-34(22-5-4-7-30-14-22)26(36)16-33-15-23(20-12-21(17-35)28-25(13-20)39-19-40-28)27(29(37)38)24(33)6-10-32-11-8-31-18-32/h4-5,7-8,11-14,18,23-24,27,35H,2-3,6,9-10,15-17,19H2,1H3,(H,37,38)/t23-,24+,27-/m1/s1. The smallest absolute Gasteiger partial charge is 0.308 e. The van der Waals surface area contributed by atoms with Crippen LogP contribution in [0.2, 0.25) is 0 Å². The van der Waals surface area contributed by atoms with Gasteiger partial charge >= 0.3 is 5.97 Å². The molecule has 0 unspecified atom stereocenters. The van der Waals surface area contributed by atoms with Crippen molar-refractivity contribution < 1.29 is 29.3 Å². The molecular formula is C29H35N5O6. The van der Waals surface area contributed by atoms with E-state index in [-0.39, 0.29) is 25.9 Å². The molecule has 0 saturated carbocycles. The highest BCUT2D eigenvalue weighted by Crippen LogP contribution is 2.44. The molecule has 4 heterocycles. The highest BCUT2D eigenvalue weighted by Gasteiger charge is 2.47. The van der Waals surface area contributed by atoms with Crippen LogP contribution in [0.25, 0.3) is 0 Å². The molecule has 0 bridgehead atoms. The second kappa shape index (κ2) is 12.5. The number of aliphatic hydroxyl groups is 1. The number of aliphatic hydroxyl groups excluding tert-OH is 1. The number of carboxylic acid groups (broad SMARTS) is 1. The van der Waals surface area contributed by atoms with Crippen molar-refractivity contribution in [3.63, 3.8) is 0 Å². The van der Waals surface area contributed by atoms with Crippen LogP contribution in [0.3, 0.4) is 0 Å². The van der Waals surface area contributed by atoms with E-state index in [0.29, 0.717) is 43.1 Å². The summed E-state index contributed by atoms with van der Waals surface area (Å²) in [6.07, 6.45) is 10.9. The molecule has 1 amide bonds. The van der Waals surface area contributed by atoms with Gasteiger partial charge in [-0.25, -0.2) is 4.98 Å². The zero-order valence-corrected chi connectivity index (χ0v) is 22.6. The number of carbonyl (C=O) groups excluding carboxylic acids is 1. The first-order valence-electron chi connectivity index (χ1n) is 13.7. The maximum atomic E-state index is 13.8. The molecule has 0 aliphatic carbocycles. The average molecular weight is 550 g/mol. The van der Waals surface area contributed by atoms with Gasteiger partial charge in [-0.15, -0.1) is 0 Å². The maximum absolute atomic E-state index is 13.8. The Morgan fingerprint density at radius 3 is 2.77 bits per heavy atom. The summed E-state index contributed by atoms with van der Waals surface area (Å²) in [5, 5.41) is 20.5. The monoisotopic (exact) mass is 549 g/mol. The molecule has 0 spiro atoms. The van der Waals surface area contributed by atoms with Gasteiger partial charge in [0.1, 0.15) is 0 Å². The Morgan fingerprint density at radius 2 is 2.08 bits per heavy atom. The Bertz CT molecular complexity index is 1300. The van der Waals surface area contributed by atoms with E-state index in [1.807, 2.05) is 27.8 Å². The Hall–Kier alpha value is -3.96. The predicted molar refractivity (Wildman–Crippen MR) is 146 cm³/mol. The molecule has 3 atom stereocenters. The quantitative estimate of drug-likeness (QED) is 0.350. The first-order chi connectivity index (χ1) is 19.5. The number of likely N-dealkylation sites (tertiary alicyclic amines) is 1. The zero-order valence-electron chi connectivity index (χ0n) is 22.6. The molecule has 1 fully saturated rings. The minimum Gasteiger partial charge on any atom is -0.481 e. The molecule has 0 radical (unpaired) electrons. The normalized spacial score (nSPS) is 20.1. The van der Waals surface area contributed by atoms with Gasteiger partial charge in [-0.2, -0.15) is 0 Å². The molecule has 2 aromatic heterocycles. The van der Waals surface area contributed by atoms with Crippen molar-refractivity contribution in [1.82, 2.24) is 19.4 Å². The molecule has 40 heavy (non-hydrogen) atoms. The van der Waals surface area contributed by atoms with E-state index in [1.54, 1.807) is 42.0 Å². The zero-order chi connectivity index (χ0) is 28.1. The molecule has 1 aromatic carbocycles. The number of nitrogens with zero attached hydrogens (tertiary/aromatic N) is 5. The van der Waals surface area contributed by atoms with E-state index >= 15 is 0 Å². The van der Waals surface area contributed by atoms with Gasteiger partial charge in [0.15, 0.2) is 11.5 Å². The second-order valence-electron chi connectivity index (χ2n) is 10.2. The minimum absolute atomic E-state index is 0.0505. The number of carboxylic acids is 1. The molecule has 1 saturated heterocycles. The Kier molecular flexibility index (Phi) is 8.61. The third kappa shape index (κ3) is 5.80. The van der Waals surface area contributed by atoms with E-state index in [0.717, 1.165) is 24.1 Å². The van der Waals surface area contributed by atoms with Gasteiger partial charge in [0, 0.05) is 55.7 Å². The number of amides is 1. The fourth-order valence-corrected chi connectivity index (χ4v) is 5.82. The summed E-state index contributed by atoms with van der Waals surface area (Å²) in [7, 11) is 0. The minimum atomic E-state index is -0.922. The number of carbonyl (C=O) groups is 2.